The molecule has 1 saturated carbocycles. The standard InChI is InChI=1S/C12H18N4O/c1-9-6-14-11(7-13-9)8-15-12(17)16-10-4-2-3-5-10/h6-7,10H,2-5,8H2,1H3,(H2,15,16,17). The minimum atomic E-state index is -0.112. The van der Waals surface area contributed by atoms with Crippen molar-refractivity contribution in [2.24, 2.45) is 0 Å². The second-order valence-corrected chi connectivity index (χ2v) is 4.46. The van der Waals surface area contributed by atoms with Gasteiger partial charge in [-0.2, -0.15) is 0 Å². The number of hydrogen-bond donors (Lipinski definition) is 2. The van der Waals surface area contributed by atoms with Gasteiger partial charge < -0.3 is 10.6 Å². The number of aryl methyl sites for hydroxylation is 1. The predicted molar refractivity (Wildman–Crippen MR) is 64.4 cm³/mol. The molecular weight excluding hydrogens is 216 g/mol. The van der Waals surface area contributed by atoms with E-state index < -0.39 is 0 Å². The number of aromatic nitrogens is 2. The molecule has 0 bridgehead atoms. The first kappa shape index (κ1) is 11.8. The summed E-state index contributed by atoms with van der Waals surface area (Å²) in [6.07, 6.45) is 8.01. The van der Waals surface area contributed by atoms with Crippen molar-refractivity contribution < 1.29 is 4.79 Å². The van der Waals surface area contributed by atoms with Gasteiger partial charge in [0.25, 0.3) is 0 Å². The van der Waals surface area contributed by atoms with Crippen molar-refractivity contribution in [2.75, 3.05) is 0 Å². The number of nitrogens with one attached hydrogen (secondary N) is 2. The molecule has 0 saturated heterocycles. The Bertz CT molecular complexity index is 371. The zero-order valence-electron chi connectivity index (χ0n) is 10.1. The molecule has 1 aliphatic rings. The van der Waals surface area contributed by atoms with Crippen molar-refractivity contribution >= 4 is 6.03 Å². The molecule has 5 heteroatoms. The highest BCUT2D eigenvalue weighted by atomic mass is 16.2. The molecule has 5 nitrogen and oxygen atoms in total. The zero-order chi connectivity index (χ0) is 12.1. The van der Waals surface area contributed by atoms with Crippen LogP contribution in [0.2, 0.25) is 0 Å². The molecule has 1 heterocycles. The highest BCUT2D eigenvalue weighted by molar-refractivity contribution is 5.74. The van der Waals surface area contributed by atoms with Crippen LogP contribution >= 0.6 is 0 Å². The molecule has 1 aromatic rings. The van der Waals surface area contributed by atoms with E-state index in [9.17, 15) is 4.79 Å². The lowest BCUT2D eigenvalue weighted by Crippen LogP contribution is -2.40. The number of hydrogen-bond acceptors (Lipinski definition) is 3. The van der Waals surface area contributed by atoms with E-state index in [1.807, 2.05) is 6.92 Å². The summed E-state index contributed by atoms with van der Waals surface area (Å²) < 4.78 is 0. The summed E-state index contributed by atoms with van der Waals surface area (Å²) in [5.41, 5.74) is 1.65. The molecular formula is C12H18N4O. The van der Waals surface area contributed by atoms with Crippen LogP contribution in [0.25, 0.3) is 0 Å². The third-order valence-corrected chi connectivity index (χ3v) is 2.95. The van der Waals surface area contributed by atoms with E-state index in [1.165, 1.54) is 12.8 Å². The highest BCUT2D eigenvalue weighted by Gasteiger charge is 2.16. The van der Waals surface area contributed by atoms with Crippen molar-refractivity contribution in [2.45, 2.75) is 45.2 Å². The second kappa shape index (κ2) is 5.61. The molecule has 0 aromatic carbocycles. The lowest BCUT2D eigenvalue weighted by molar-refractivity contribution is 0.236. The number of nitrogens with zero attached hydrogens (tertiary/aromatic N) is 2. The average molecular weight is 234 g/mol. The molecule has 1 fully saturated rings. The molecule has 2 N–H and O–H groups in total. The van der Waals surface area contributed by atoms with E-state index in [2.05, 4.69) is 20.6 Å². The zero-order valence-corrected chi connectivity index (χ0v) is 10.1. The normalized spacial score (nSPS) is 15.8. The fraction of sp³-hybridized carbons (Fsp3) is 0.583. The maximum absolute atomic E-state index is 11.6. The van der Waals surface area contributed by atoms with Crippen LogP contribution in [0.1, 0.15) is 37.1 Å². The van der Waals surface area contributed by atoms with E-state index in [4.69, 9.17) is 0 Å². The van der Waals surface area contributed by atoms with Crippen LogP contribution in [0.3, 0.4) is 0 Å². The summed E-state index contributed by atoms with van der Waals surface area (Å²) in [5.74, 6) is 0. The van der Waals surface area contributed by atoms with Gasteiger partial charge in [-0.25, -0.2) is 4.79 Å². The lowest BCUT2D eigenvalue weighted by Gasteiger charge is -2.12. The Morgan fingerprint density at radius 3 is 2.76 bits per heavy atom. The summed E-state index contributed by atoms with van der Waals surface area (Å²) in [5, 5.41) is 5.75. The van der Waals surface area contributed by atoms with Crippen molar-refractivity contribution in [3.63, 3.8) is 0 Å². The van der Waals surface area contributed by atoms with Crippen molar-refractivity contribution in [3.8, 4) is 0 Å². The van der Waals surface area contributed by atoms with Crippen LogP contribution in [0.4, 0.5) is 4.79 Å². The van der Waals surface area contributed by atoms with Crippen LogP contribution in [-0.2, 0) is 6.54 Å². The van der Waals surface area contributed by atoms with E-state index in [-0.39, 0.29) is 6.03 Å². The fourth-order valence-corrected chi connectivity index (χ4v) is 1.99. The summed E-state index contributed by atoms with van der Waals surface area (Å²) >= 11 is 0. The molecule has 0 radical (unpaired) electrons. The predicted octanol–water partition coefficient (Wildman–Crippen LogP) is 1.53. The molecule has 0 aliphatic heterocycles. The molecule has 1 aliphatic carbocycles. The number of carbonyl (C=O) groups excluding carboxylic acids is 1. The molecule has 1 aromatic heterocycles. The van der Waals surface area contributed by atoms with Crippen LogP contribution in [0.15, 0.2) is 12.4 Å². The van der Waals surface area contributed by atoms with Gasteiger partial charge in [0.2, 0.25) is 0 Å². The minimum Gasteiger partial charge on any atom is -0.335 e. The molecule has 17 heavy (non-hydrogen) atoms. The Labute approximate surface area is 101 Å². The number of amides is 2. The van der Waals surface area contributed by atoms with Crippen molar-refractivity contribution in [1.82, 2.24) is 20.6 Å². The summed E-state index contributed by atoms with van der Waals surface area (Å²) in [6.45, 7) is 2.31. The Hall–Kier alpha value is -1.65. The first-order valence-electron chi connectivity index (χ1n) is 6.06. The second-order valence-electron chi connectivity index (χ2n) is 4.46. The average Bonchev–Trinajstić information content (AvgIpc) is 2.81. The fourth-order valence-electron chi connectivity index (χ4n) is 1.99. The van der Waals surface area contributed by atoms with Gasteiger partial charge in [0.1, 0.15) is 0 Å². The third kappa shape index (κ3) is 3.69. The van der Waals surface area contributed by atoms with Crippen LogP contribution < -0.4 is 10.6 Å². The summed E-state index contributed by atoms with van der Waals surface area (Å²) in [7, 11) is 0. The van der Waals surface area contributed by atoms with Crippen LogP contribution in [-0.4, -0.2) is 22.0 Å². The van der Waals surface area contributed by atoms with Gasteiger partial charge in [0.05, 0.1) is 24.1 Å². The first-order chi connectivity index (χ1) is 8.24. The van der Waals surface area contributed by atoms with E-state index in [0.29, 0.717) is 12.6 Å². The number of urea groups is 1. The van der Waals surface area contributed by atoms with E-state index >= 15 is 0 Å². The topological polar surface area (TPSA) is 66.9 Å². The maximum Gasteiger partial charge on any atom is 0.315 e. The van der Waals surface area contributed by atoms with E-state index in [1.54, 1.807) is 12.4 Å². The van der Waals surface area contributed by atoms with E-state index in [0.717, 1.165) is 24.2 Å². The van der Waals surface area contributed by atoms with Gasteiger partial charge in [-0.1, -0.05) is 12.8 Å². The number of rotatable bonds is 3. The minimum absolute atomic E-state index is 0.112. The molecule has 2 amide bonds. The monoisotopic (exact) mass is 234 g/mol. The van der Waals surface area contributed by atoms with Gasteiger partial charge >= 0.3 is 6.03 Å². The summed E-state index contributed by atoms with van der Waals surface area (Å²) in [6, 6.07) is 0.235. The lowest BCUT2D eigenvalue weighted by atomic mass is 10.2. The maximum atomic E-state index is 11.6. The van der Waals surface area contributed by atoms with Gasteiger partial charge in [0, 0.05) is 12.2 Å². The Morgan fingerprint density at radius 2 is 2.12 bits per heavy atom. The van der Waals surface area contributed by atoms with Crippen LogP contribution in [0.5, 0.6) is 0 Å². The van der Waals surface area contributed by atoms with Gasteiger partial charge in [0.15, 0.2) is 0 Å². The Balaban J connectivity index is 1.73. The number of carbonyl (C=O) groups is 1. The molecule has 0 atom stereocenters. The highest BCUT2D eigenvalue weighted by Crippen LogP contribution is 2.17. The molecule has 92 valence electrons. The third-order valence-electron chi connectivity index (χ3n) is 2.95. The molecule has 2 rings (SSSR count). The van der Waals surface area contributed by atoms with Crippen LogP contribution in [0, 0.1) is 6.92 Å². The van der Waals surface area contributed by atoms with Crippen molar-refractivity contribution in [3.05, 3.63) is 23.8 Å². The van der Waals surface area contributed by atoms with Gasteiger partial charge in [-0.05, 0) is 19.8 Å². The molecule has 0 unspecified atom stereocenters. The molecule has 0 spiro atoms. The summed E-state index contributed by atoms with van der Waals surface area (Å²) in [4.78, 5) is 19.9. The van der Waals surface area contributed by atoms with Gasteiger partial charge in [-0.15, -0.1) is 0 Å². The Morgan fingerprint density at radius 1 is 1.35 bits per heavy atom. The Kier molecular flexibility index (Phi) is 3.90. The first-order valence-corrected chi connectivity index (χ1v) is 6.06. The smallest absolute Gasteiger partial charge is 0.315 e. The SMILES string of the molecule is Cc1cnc(CNC(=O)NC2CCCC2)cn1. The van der Waals surface area contributed by atoms with Gasteiger partial charge in [-0.3, -0.25) is 9.97 Å². The quantitative estimate of drug-likeness (QED) is 0.833. The largest absolute Gasteiger partial charge is 0.335 e. The van der Waals surface area contributed by atoms with Crippen molar-refractivity contribution in [1.29, 1.82) is 0 Å².